The second-order valence-electron chi connectivity index (χ2n) is 4.31. The summed E-state index contributed by atoms with van der Waals surface area (Å²) in [6, 6.07) is 10.7. The van der Waals surface area contributed by atoms with Gasteiger partial charge in [0.2, 0.25) is 0 Å². The van der Waals surface area contributed by atoms with Crippen LogP contribution in [0.3, 0.4) is 0 Å². The molecule has 0 aromatic heterocycles. The molecule has 0 fully saturated rings. The van der Waals surface area contributed by atoms with Gasteiger partial charge in [0.15, 0.2) is 0 Å². The lowest BCUT2D eigenvalue weighted by molar-refractivity contribution is 0.632. The summed E-state index contributed by atoms with van der Waals surface area (Å²) in [5.74, 6) is 0.706. The Morgan fingerprint density at radius 3 is 2.53 bits per heavy atom. The summed E-state index contributed by atoms with van der Waals surface area (Å²) >= 11 is 0. The number of hydrogen-bond donors (Lipinski definition) is 0. The molecule has 1 aromatic rings. The maximum Gasteiger partial charge on any atom is -0.0121 e. The highest BCUT2D eigenvalue weighted by molar-refractivity contribution is 5.70. The van der Waals surface area contributed by atoms with E-state index in [9.17, 15) is 0 Å². The van der Waals surface area contributed by atoms with Crippen LogP contribution in [0.5, 0.6) is 0 Å². The molecule has 0 saturated carbocycles. The highest BCUT2D eigenvalue weighted by Crippen LogP contribution is 2.34. The number of benzene rings is 1. The normalized spacial score (nSPS) is 20.8. The van der Waals surface area contributed by atoms with Crippen molar-refractivity contribution >= 4 is 5.57 Å². The molecule has 15 heavy (non-hydrogen) atoms. The number of allylic oxidation sites excluding steroid dienone is 4. The minimum absolute atomic E-state index is 0.706. The van der Waals surface area contributed by atoms with E-state index in [1.54, 1.807) is 0 Å². The van der Waals surface area contributed by atoms with Crippen LogP contribution in [0.4, 0.5) is 0 Å². The number of rotatable bonds is 2. The van der Waals surface area contributed by atoms with Gasteiger partial charge in [0.1, 0.15) is 0 Å². The summed E-state index contributed by atoms with van der Waals surface area (Å²) < 4.78 is 0. The lowest BCUT2D eigenvalue weighted by Crippen LogP contribution is -2.06. The van der Waals surface area contributed by atoms with Crippen molar-refractivity contribution in [3.8, 4) is 0 Å². The third kappa shape index (κ3) is 2.20. The van der Waals surface area contributed by atoms with E-state index >= 15 is 0 Å². The van der Waals surface area contributed by atoms with Gasteiger partial charge in [0.25, 0.3) is 0 Å². The van der Waals surface area contributed by atoms with E-state index in [0.717, 1.165) is 0 Å². The molecule has 0 nitrogen and oxygen atoms in total. The topological polar surface area (TPSA) is 0 Å². The quantitative estimate of drug-likeness (QED) is 0.658. The van der Waals surface area contributed by atoms with Crippen molar-refractivity contribution in [3.05, 3.63) is 53.6 Å². The van der Waals surface area contributed by atoms with Gasteiger partial charge in [0.05, 0.1) is 0 Å². The molecule has 1 atom stereocenters. The molecule has 0 saturated heterocycles. The molecular weight excluding hydrogens is 180 g/mol. The van der Waals surface area contributed by atoms with E-state index in [1.807, 2.05) is 0 Å². The standard InChI is InChI=1S/C15H18/c1-3-13-11-12(2)9-10-15(13)14-7-5-4-6-8-14/h4-10,13H,3,11H2,1-2H3. The third-order valence-electron chi connectivity index (χ3n) is 3.16. The fraction of sp³-hybridized carbons (Fsp3) is 0.333. The molecule has 1 aliphatic rings. The molecule has 1 aliphatic carbocycles. The first kappa shape index (κ1) is 10.2. The summed E-state index contributed by atoms with van der Waals surface area (Å²) in [4.78, 5) is 0. The summed E-state index contributed by atoms with van der Waals surface area (Å²) in [5, 5.41) is 0. The molecule has 78 valence electrons. The molecule has 0 N–H and O–H groups in total. The fourth-order valence-corrected chi connectivity index (χ4v) is 2.26. The molecule has 1 aromatic carbocycles. The highest BCUT2D eigenvalue weighted by atomic mass is 14.2. The van der Waals surface area contributed by atoms with Gasteiger partial charge in [-0.1, -0.05) is 55.0 Å². The summed E-state index contributed by atoms with van der Waals surface area (Å²) in [7, 11) is 0. The Kier molecular flexibility index (Phi) is 3.05. The van der Waals surface area contributed by atoms with Crippen LogP contribution in [0.25, 0.3) is 5.57 Å². The average Bonchev–Trinajstić information content (AvgIpc) is 2.30. The average molecular weight is 198 g/mol. The minimum Gasteiger partial charge on any atom is -0.0727 e. The van der Waals surface area contributed by atoms with E-state index in [4.69, 9.17) is 0 Å². The van der Waals surface area contributed by atoms with E-state index in [1.165, 1.54) is 29.6 Å². The van der Waals surface area contributed by atoms with Gasteiger partial charge in [-0.2, -0.15) is 0 Å². The van der Waals surface area contributed by atoms with Crippen molar-refractivity contribution in [2.24, 2.45) is 5.92 Å². The van der Waals surface area contributed by atoms with Gasteiger partial charge < -0.3 is 0 Å². The van der Waals surface area contributed by atoms with Crippen molar-refractivity contribution in [2.45, 2.75) is 26.7 Å². The zero-order valence-electron chi connectivity index (χ0n) is 9.53. The van der Waals surface area contributed by atoms with Crippen LogP contribution in [0.15, 0.2) is 48.1 Å². The second-order valence-corrected chi connectivity index (χ2v) is 4.31. The Hall–Kier alpha value is -1.30. The molecule has 0 spiro atoms. The van der Waals surface area contributed by atoms with E-state index in [0.29, 0.717) is 5.92 Å². The zero-order valence-corrected chi connectivity index (χ0v) is 9.53. The second kappa shape index (κ2) is 4.48. The third-order valence-corrected chi connectivity index (χ3v) is 3.16. The zero-order chi connectivity index (χ0) is 10.7. The van der Waals surface area contributed by atoms with E-state index in [-0.39, 0.29) is 0 Å². The SMILES string of the molecule is CCC1CC(C)=CC=C1c1ccccc1. The van der Waals surface area contributed by atoms with Crippen LogP contribution >= 0.6 is 0 Å². The molecule has 0 amide bonds. The Labute approximate surface area is 92.3 Å². The Morgan fingerprint density at radius 2 is 1.87 bits per heavy atom. The van der Waals surface area contributed by atoms with Gasteiger partial charge in [0, 0.05) is 0 Å². The molecule has 0 bridgehead atoms. The first-order valence-corrected chi connectivity index (χ1v) is 5.74. The molecule has 0 radical (unpaired) electrons. The molecule has 1 unspecified atom stereocenters. The van der Waals surface area contributed by atoms with Crippen LogP contribution in [-0.2, 0) is 0 Å². The van der Waals surface area contributed by atoms with Gasteiger partial charge >= 0.3 is 0 Å². The fourth-order valence-electron chi connectivity index (χ4n) is 2.26. The van der Waals surface area contributed by atoms with Crippen LogP contribution in [0.2, 0.25) is 0 Å². The highest BCUT2D eigenvalue weighted by Gasteiger charge is 2.16. The van der Waals surface area contributed by atoms with E-state index in [2.05, 4.69) is 56.3 Å². The van der Waals surface area contributed by atoms with Crippen molar-refractivity contribution in [3.63, 3.8) is 0 Å². The van der Waals surface area contributed by atoms with Crippen LogP contribution in [0, 0.1) is 5.92 Å². The van der Waals surface area contributed by atoms with Crippen molar-refractivity contribution < 1.29 is 0 Å². The van der Waals surface area contributed by atoms with Gasteiger partial charge in [-0.05, 0) is 36.8 Å². The summed E-state index contributed by atoms with van der Waals surface area (Å²) in [6.07, 6.45) is 7.00. The summed E-state index contributed by atoms with van der Waals surface area (Å²) in [5.41, 5.74) is 4.39. The lowest BCUT2D eigenvalue weighted by Gasteiger charge is -2.23. The monoisotopic (exact) mass is 198 g/mol. The Balaban J connectivity index is 2.35. The minimum atomic E-state index is 0.706. The largest absolute Gasteiger partial charge is 0.0727 e. The van der Waals surface area contributed by atoms with Gasteiger partial charge in [-0.15, -0.1) is 0 Å². The predicted octanol–water partition coefficient (Wildman–Crippen LogP) is 4.45. The van der Waals surface area contributed by atoms with Crippen LogP contribution in [-0.4, -0.2) is 0 Å². The molecule has 2 rings (SSSR count). The van der Waals surface area contributed by atoms with Crippen molar-refractivity contribution in [1.29, 1.82) is 0 Å². The Bertz CT molecular complexity index is 382. The molecule has 0 heteroatoms. The maximum atomic E-state index is 2.29. The lowest BCUT2D eigenvalue weighted by atomic mass is 9.82. The van der Waals surface area contributed by atoms with Gasteiger partial charge in [-0.3, -0.25) is 0 Å². The van der Waals surface area contributed by atoms with Gasteiger partial charge in [-0.25, -0.2) is 0 Å². The molecule has 0 aliphatic heterocycles. The molecule has 0 heterocycles. The Morgan fingerprint density at radius 1 is 1.13 bits per heavy atom. The summed E-state index contributed by atoms with van der Waals surface area (Å²) in [6.45, 7) is 4.50. The van der Waals surface area contributed by atoms with E-state index < -0.39 is 0 Å². The maximum absolute atomic E-state index is 2.29. The van der Waals surface area contributed by atoms with Crippen molar-refractivity contribution in [1.82, 2.24) is 0 Å². The number of hydrogen-bond acceptors (Lipinski definition) is 0. The van der Waals surface area contributed by atoms with Crippen molar-refractivity contribution in [2.75, 3.05) is 0 Å². The first-order chi connectivity index (χ1) is 7.31. The first-order valence-electron chi connectivity index (χ1n) is 5.74. The predicted molar refractivity (Wildman–Crippen MR) is 66.6 cm³/mol. The smallest absolute Gasteiger partial charge is 0.0121 e. The van der Waals surface area contributed by atoms with Crippen LogP contribution in [0.1, 0.15) is 32.3 Å². The molecular formula is C15H18. The van der Waals surface area contributed by atoms with Crippen LogP contribution < -0.4 is 0 Å².